The van der Waals surface area contributed by atoms with Crippen molar-refractivity contribution in [3.63, 3.8) is 0 Å². The summed E-state index contributed by atoms with van der Waals surface area (Å²) in [7, 11) is -2.78. The minimum Gasteiger partial charge on any atom is -0.325 e. The molecule has 0 aliphatic heterocycles. The average Bonchev–Trinajstić information content (AvgIpc) is 2.53. The van der Waals surface area contributed by atoms with Crippen molar-refractivity contribution in [3.8, 4) is 0 Å². The van der Waals surface area contributed by atoms with Crippen LogP contribution in [0.5, 0.6) is 0 Å². The van der Waals surface area contributed by atoms with Crippen molar-refractivity contribution >= 4 is 27.4 Å². The van der Waals surface area contributed by atoms with Crippen LogP contribution in [0.2, 0.25) is 0 Å². The number of nitrogens with one attached hydrogen (secondary N) is 1. The number of likely N-dealkylation sites (N-methyl/N-ethyl adjacent to an activating group) is 1. The van der Waals surface area contributed by atoms with E-state index in [-0.39, 0.29) is 16.4 Å². The molecule has 0 aromatic heterocycles. The predicted molar refractivity (Wildman–Crippen MR) is 91.3 cm³/mol. The standard InChI is InChI=1S/C17H16F2N2O4S/c1-11(22)12-3-5-16(6-4-12)26(24,25)21(2)10-17(23)20-15-8-13(18)7-14(19)9-15/h3-9H,10H2,1-2H3,(H,20,23). The van der Waals surface area contributed by atoms with Gasteiger partial charge in [0.15, 0.2) is 5.78 Å². The van der Waals surface area contributed by atoms with Crippen LogP contribution in [0.25, 0.3) is 0 Å². The lowest BCUT2D eigenvalue weighted by atomic mass is 10.2. The quantitative estimate of drug-likeness (QED) is 0.778. The number of amides is 1. The van der Waals surface area contributed by atoms with Crippen LogP contribution in [0.4, 0.5) is 14.5 Å². The van der Waals surface area contributed by atoms with Gasteiger partial charge in [-0.05, 0) is 31.2 Å². The summed E-state index contributed by atoms with van der Waals surface area (Å²) in [5.74, 6) is -2.70. The molecular formula is C17H16F2N2O4S. The van der Waals surface area contributed by atoms with Crippen molar-refractivity contribution < 1.29 is 26.8 Å². The summed E-state index contributed by atoms with van der Waals surface area (Å²) in [5, 5.41) is 2.23. The molecule has 0 heterocycles. The zero-order chi connectivity index (χ0) is 19.5. The summed E-state index contributed by atoms with van der Waals surface area (Å²) >= 11 is 0. The summed E-state index contributed by atoms with van der Waals surface area (Å²) in [5.41, 5.74) is 0.238. The number of carbonyl (C=O) groups is 2. The maximum absolute atomic E-state index is 13.1. The van der Waals surface area contributed by atoms with Crippen LogP contribution in [0.1, 0.15) is 17.3 Å². The molecule has 138 valence electrons. The predicted octanol–water partition coefficient (Wildman–Crippen LogP) is 2.43. The van der Waals surface area contributed by atoms with Crippen molar-refractivity contribution in [3.05, 3.63) is 59.7 Å². The second kappa shape index (κ2) is 7.71. The van der Waals surface area contributed by atoms with Crippen molar-refractivity contribution in [2.75, 3.05) is 18.9 Å². The molecule has 2 rings (SSSR count). The molecule has 0 bridgehead atoms. The molecule has 1 N–H and O–H groups in total. The van der Waals surface area contributed by atoms with E-state index in [1.165, 1.54) is 38.2 Å². The lowest BCUT2D eigenvalue weighted by Crippen LogP contribution is -2.35. The smallest absolute Gasteiger partial charge is 0.243 e. The summed E-state index contributed by atoms with van der Waals surface area (Å²) in [4.78, 5) is 23.1. The van der Waals surface area contributed by atoms with E-state index >= 15 is 0 Å². The number of halogens is 2. The maximum Gasteiger partial charge on any atom is 0.243 e. The van der Waals surface area contributed by atoms with Crippen LogP contribution in [0.15, 0.2) is 47.4 Å². The monoisotopic (exact) mass is 382 g/mol. The Bertz CT molecular complexity index is 923. The molecule has 6 nitrogen and oxygen atoms in total. The number of Topliss-reactive ketones (excluding diaryl/α,β-unsaturated/α-hetero) is 1. The normalized spacial score (nSPS) is 11.4. The number of nitrogens with zero attached hydrogens (tertiary/aromatic N) is 1. The van der Waals surface area contributed by atoms with Gasteiger partial charge in [-0.3, -0.25) is 9.59 Å². The first kappa shape index (κ1) is 19.7. The van der Waals surface area contributed by atoms with Crippen LogP contribution in [0.3, 0.4) is 0 Å². The highest BCUT2D eigenvalue weighted by atomic mass is 32.2. The van der Waals surface area contributed by atoms with Crippen LogP contribution >= 0.6 is 0 Å². The molecule has 0 spiro atoms. The first-order valence-corrected chi connectivity index (χ1v) is 8.87. The molecule has 0 saturated carbocycles. The van der Waals surface area contributed by atoms with E-state index in [9.17, 15) is 26.8 Å². The minimum absolute atomic E-state index is 0.0883. The molecule has 2 aromatic rings. The number of benzene rings is 2. The van der Waals surface area contributed by atoms with E-state index in [1.54, 1.807) is 0 Å². The second-order valence-corrected chi connectivity index (χ2v) is 7.59. The zero-order valence-corrected chi connectivity index (χ0v) is 14.8. The number of anilines is 1. The summed E-state index contributed by atoms with van der Waals surface area (Å²) < 4.78 is 51.9. The number of carbonyl (C=O) groups excluding carboxylic acids is 2. The van der Waals surface area contributed by atoms with Gasteiger partial charge in [-0.15, -0.1) is 0 Å². The molecule has 0 saturated heterocycles. The van der Waals surface area contributed by atoms with Gasteiger partial charge >= 0.3 is 0 Å². The third-order valence-electron chi connectivity index (χ3n) is 3.48. The molecule has 1 amide bonds. The Morgan fingerprint density at radius 2 is 1.58 bits per heavy atom. The fraction of sp³-hybridized carbons (Fsp3) is 0.176. The highest BCUT2D eigenvalue weighted by Crippen LogP contribution is 2.16. The van der Waals surface area contributed by atoms with Crippen LogP contribution in [-0.4, -0.2) is 38.0 Å². The van der Waals surface area contributed by atoms with Gasteiger partial charge in [-0.1, -0.05) is 12.1 Å². The Kier molecular flexibility index (Phi) is 5.83. The number of hydrogen-bond acceptors (Lipinski definition) is 4. The van der Waals surface area contributed by atoms with E-state index in [2.05, 4.69) is 5.32 Å². The zero-order valence-electron chi connectivity index (χ0n) is 14.0. The molecule has 9 heteroatoms. The van der Waals surface area contributed by atoms with E-state index in [0.717, 1.165) is 16.4 Å². The summed E-state index contributed by atoms with van der Waals surface area (Å²) in [6.45, 7) is 0.796. The fourth-order valence-electron chi connectivity index (χ4n) is 2.16. The molecule has 0 aliphatic rings. The lowest BCUT2D eigenvalue weighted by molar-refractivity contribution is -0.116. The van der Waals surface area contributed by atoms with E-state index < -0.39 is 34.1 Å². The Labute approximate surface area is 149 Å². The highest BCUT2D eigenvalue weighted by molar-refractivity contribution is 7.89. The van der Waals surface area contributed by atoms with Gasteiger partial charge in [-0.2, -0.15) is 4.31 Å². The van der Waals surface area contributed by atoms with Gasteiger partial charge in [0.25, 0.3) is 0 Å². The maximum atomic E-state index is 13.1. The van der Waals surface area contributed by atoms with Crippen molar-refractivity contribution in [1.82, 2.24) is 4.31 Å². The molecular weight excluding hydrogens is 366 g/mol. The second-order valence-electron chi connectivity index (χ2n) is 5.55. The van der Waals surface area contributed by atoms with Gasteiger partial charge in [0, 0.05) is 24.4 Å². The average molecular weight is 382 g/mol. The Balaban J connectivity index is 2.10. The Hall–Kier alpha value is -2.65. The van der Waals surface area contributed by atoms with E-state index in [0.29, 0.717) is 11.6 Å². The third-order valence-corrected chi connectivity index (χ3v) is 5.30. The largest absolute Gasteiger partial charge is 0.325 e. The topological polar surface area (TPSA) is 83.6 Å². The lowest BCUT2D eigenvalue weighted by Gasteiger charge is -2.17. The molecule has 0 atom stereocenters. The molecule has 0 fully saturated rings. The Morgan fingerprint density at radius 3 is 2.08 bits per heavy atom. The molecule has 0 aliphatic carbocycles. The number of ketones is 1. The first-order valence-electron chi connectivity index (χ1n) is 7.43. The first-order chi connectivity index (χ1) is 12.1. The number of rotatable bonds is 6. The number of sulfonamides is 1. The third kappa shape index (κ3) is 4.70. The summed E-state index contributed by atoms with van der Waals surface area (Å²) in [6.07, 6.45) is 0. The van der Waals surface area contributed by atoms with Gasteiger partial charge < -0.3 is 5.32 Å². The summed E-state index contributed by atoms with van der Waals surface area (Å²) in [6, 6.07) is 7.75. The van der Waals surface area contributed by atoms with Crippen LogP contribution in [-0.2, 0) is 14.8 Å². The highest BCUT2D eigenvalue weighted by Gasteiger charge is 2.23. The van der Waals surface area contributed by atoms with Crippen LogP contribution < -0.4 is 5.32 Å². The van der Waals surface area contributed by atoms with Gasteiger partial charge in [-0.25, -0.2) is 17.2 Å². The number of hydrogen-bond donors (Lipinski definition) is 1. The van der Waals surface area contributed by atoms with Crippen molar-refractivity contribution in [2.24, 2.45) is 0 Å². The molecule has 0 radical (unpaired) electrons. The van der Waals surface area contributed by atoms with Gasteiger partial charge in [0.05, 0.1) is 11.4 Å². The van der Waals surface area contributed by atoms with Crippen LogP contribution in [0, 0.1) is 11.6 Å². The SMILES string of the molecule is CC(=O)c1ccc(S(=O)(=O)N(C)CC(=O)Nc2cc(F)cc(F)c2)cc1. The molecule has 26 heavy (non-hydrogen) atoms. The fourth-order valence-corrected chi connectivity index (χ4v) is 3.28. The molecule has 2 aromatic carbocycles. The molecule has 0 unspecified atom stereocenters. The van der Waals surface area contributed by atoms with Gasteiger partial charge in [0.1, 0.15) is 11.6 Å². The minimum atomic E-state index is -3.97. The van der Waals surface area contributed by atoms with Crippen molar-refractivity contribution in [2.45, 2.75) is 11.8 Å². The van der Waals surface area contributed by atoms with Gasteiger partial charge in [0.2, 0.25) is 15.9 Å². The van der Waals surface area contributed by atoms with Crippen molar-refractivity contribution in [1.29, 1.82) is 0 Å². The Morgan fingerprint density at radius 1 is 1.04 bits per heavy atom. The van der Waals surface area contributed by atoms with E-state index in [1.807, 2.05) is 0 Å². The van der Waals surface area contributed by atoms with E-state index in [4.69, 9.17) is 0 Å².